The van der Waals surface area contributed by atoms with Crippen LogP contribution in [0.2, 0.25) is 0 Å². The standard InChI is InChI=1S/C16H23NO5/c1-4-10-22-16(3,5-2)15(20)17-12-6-8-13(9-7-12)21-11-14(18)19/h6-9H,4-5,10-11H2,1-3H3,(H,17,20)(H,18,19)/t16-/m0/s1. The number of hydrogen-bond acceptors (Lipinski definition) is 4. The first-order chi connectivity index (χ1) is 10.4. The van der Waals surface area contributed by atoms with Crippen LogP contribution in [0.1, 0.15) is 33.6 Å². The molecule has 6 nitrogen and oxygen atoms in total. The molecule has 0 aromatic heterocycles. The minimum absolute atomic E-state index is 0.206. The number of carbonyl (C=O) groups is 2. The molecule has 1 atom stereocenters. The Kier molecular flexibility index (Phi) is 6.85. The molecule has 1 rings (SSSR count). The molecule has 1 amide bonds. The van der Waals surface area contributed by atoms with Gasteiger partial charge in [0.15, 0.2) is 6.61 Å². The highest BCUT2D eigenvalue weighted by Crippen LogP contribution is 2.21. The first-order valence-electron chi connectivity index (χ1n) is 7.31. The fourth-order valence-corrected chi connectivity index (χ4v) is 1.70. The molecule has 0 aliphatic carbocycles. The van der Waals surface area contributed by atoms with Crippen LogP contribution in [-0.4, -0.2) is 35.8 Å². The van der Waals surface area contributed by atoms with Crippen LogP contribution in [-0.2, 0) is 14.3 Å². The van der Waals surface area contributed by atoms with Crippen molar-refractivity contribution >= 4 is 17.6 Å². The molecule has 1 aromatic carbocycles. The summed E-state index contributed by atoms with van der Waals surface area (Å²) < 4.78 is 10.7. The Hall–Kier alpha value is -2.08. The molecule has 0 unspecified atom stereocenters. The van der Waals surface area contributed by atoms with Crippen molar-refractivity contribution in [3.8, 4) is 5.75 Å². The lowest BCUT2D eigenvalue weighted by Crippen LogP contribution is -2.42. The average Bonchev–Trinajstić information content (AvgIpc) is 2.51. The molecule has 22 heavy (non-hydrogen) atoms. The molecule has 1 aromatic rings. The van der Waals surface area contributed by atoms with Crippen LogP contribution in [0.5, 0.6) is 5.75 Å². The largest absolute Gasteiger partial charge is 0.482 e. The Labute approximate surface area is 130 Å². The maximum absolute atomic E-state index is 12.3. The summed E-state index contributed by atoms with van der Waals surface area (Å²) in [5, 5.41) is 11.3. The summed E-state index contributed by atoms with van der Waals surface area (Å²) >= 11 is 0. The lowest BCUT2D eigenvalue weighted by Gasteiger charge is -2.27. The highest BCUT2D eigenvalue weighted by atomic mass is 16.5. The van der Waals surface area contributed by atoms with E-state index in [2.05, 4.69) is 5.32 Å². The number of ether oxygens (including phenoxy) is 2. The van der Waals surface area contributed by atoms with Gasteiger partial charge in [-0.05, 0) is 44.0 Å². The van der Waals surface area contributed by atoms with Crippen LogP contribution in [0, 0.1) is 0 Å². The van der Waals surface area contributed by atoms with E-state index < -0.39 is 18.2 Å². The highest BCUT2D eigenvalue weighted by Gasteiger charge is 2.32. The molecule has 0 saturated carbocycles. The van der Waals surface area contributed by atoms with Crippen LogP contribution < -0.4 is 10.1 Å². The van der Waals surface area contributed by atoms with E-state index in [1.165, 1.54) is 0 Å². The molecule has 0 bridgehead atoms. The number of carboxylic acid groups (broad SMARTS) is 1. The minimum atomic E-state index is -1.04. The molecule has 0 aliphatic heterocycles. The molecule has 6 heteroatoms. The van der Waals surface area contributed by atoms with E-state index in [9.17, 15) is 9.59 Å². The van der Waals surface area contributed by atoms with Gasteiger partial charge in [-0.15, -0.1) is 0 Å². The van der Waals surface area contributed by atoms with Gasteiger partial charge in [0.25, 0.3) is 5.91 Å². The average molecular weight is 309 g/mol. The predicted octanol–water partition coefficient (Wildman–Crippen LogP) is 2.68. The normalized spacial score (nSPS) is 13.2. The second kappa shape index (κ2) is 8.38. The van der Waals surface area contributed by atoms with E-state index in [1.54, 1.807) is 31.2 Å². The molecule has 0 heterocycles. The number of carboxylic acids is 1. The third kappa shape index (κ3) is 5.37. The Morgan fingerprint density at radius 3 is 2.36 bits per heavy atom. The second-order valence-corrected chi connectivity index (χ2v) is 5.09. The van der Waals surface area contributed by atoms with Crippen molar-refractivity contribution in [2.24, 2.45) is 0 Å². The number of carbonyl (C=O) groups excluding carboxylic acids is 1. The number of hydrogen-bond donors (Lipinski definition) is 2. The summed E-state index contributed by atoms with van der Waals surface area (Å²) in [4.78, 5) is 22.7. The minimum Gasteiger partial charge on any atom is -0.482 e. The quantitative estimate of drug-likeness (QED) is 0.732. The van der Waals surface area contributed by atoms with E-state index in [0.717, 1.165) is 6.42 Å². The SMILES string of the molecule is CCCO[C@@](C)(CC)C(=O)Nc1ccc(OCC(=O)O)cc1. The smallest absolute Gasteiger partial charge is 0.341 e. The van der Waals surface area contributed by atoms with Crippen LogP contribution in [0.3, 0.4) is 0 Å². The van der Waals surface area contributed by atoms with Crippen molar-refractivity contribution in [2.75, 3.05) is 18.5 Å². The zero-order valence-electron chi connectivity index (χ0n) is 13.2. The molecule has 0 radical (unpaired) electrons. The van der Waals surface area contributed by atoms with Gasteiger partial charge < -0.3 is 19.9 Å². The van der Waals surface area contributed by atoms with E-state index in [1.807, 2.05) is 13.8 Å². The van der Waals surface area contributed by atoms with Crippen LogP contribution in [0.15, 0.2) is 24.3 Å². The Morgan fingerprint density at radius 1 is 1.23 bits per heavy atom. The third-order valence-electron chi connectivity index (χ3n) is 3.25. The summed E-state index contributed by atoms with van der Waals surface area (Å²) in [6, 6.07) is 6.53. The third-order valence-corrected chi connectivity index (χ3v) is 3.25. The van der Waals surface area contributed by atoms with E-state index in [-0.39, 0.29) is 5.91 Å². The lowest BCUT2D eigenvalue weighted by molar-refractivity contribution is -0.140. The summed E-state index contributed by atoms with van der Waals surface area (Å²) in [5.74, 6) is -0.812. The van der Waals surface area contributed by atoms with Gasteiger partial charge in [-0.2, -0.15) is 0 Å². The number of aliphatic carboxylic acids is 1. The molecular formula is C16H23NO5. The topological polar surface area (TPSA) is 84.9 Å². The van der Waals surface area contributed by atoms with Gasteiger partial charge >= 0.3 is 5.97 Å². The van der Waals surface area contributed by atoms with Crippen LogP contribution in [0.4, 0.5) is 5.69 Å². The predicted molar refractivity (Wildman–Crippen MR) is 83.1 cm³/mol. The highest BCUT2D eigenvalue weighted by molar-refractivity contribution is 5.97. The zero-order valence-corrected chi connectivity index (χ0v) is 13.2. The van der Waals surface area contributed by atoms with E-state index in [4.69, 9.17) is 14.6 Å². The fourth-order valence-electron chi connectivity index (χ4n) is 1.70. The Bertz CT molecular complexity index is 500. The number of nitrogens with one attached hydrogen (secondary N) is 1. The maximum Gasteiger partial charge on any atom is 0.341 e. The van der Waals surface area contributed by atoms with Gasteiger partial charge in [0.2, 0.25) is 0 Å². The van der Waals surface area contributed by atoms with Gasteiger partial charge in [0.05, 0.1) is 0 Å². The van der Waals surface area contributed by atoms with Gasteiger partial charge in [0.1, 0.15) is 11.4 Å². The Morgan fingerprint density at radius 2 is 1.86 bits per heavy atom. The zero-order chi connectivity index (χ0) is 16.6. The van der Waals surface area contributed by atoms with Gasteiger partial charge in [-0.1, -0.05) is 13.8 Å². The first kappa shape index (κ1) is 18.0. The van der Waals surface area contributed by atoms with Crippen molar-refractivity contribution in [3.05, 3.63) is 24.3 Å². The summed E-state index contributed by atoms with van der Waals surface area (Å²) in [6.07, 6.45) is 1.41. The molecule has 0 spiro atoms. The van der Waals surface area contributed by atoms with Crippen molar-refractivity contribution in [1.82, 2.24) is 0 Å². The van der Waals surface area contributed by atoms with Gasteiger partial charge in [0, 0.05) is 12.3 Å². The number of rotatable bonds is 9. The molecule has 2 N–H and O–H groups in total. The molecule has 122 valence electrons. The summed E-state index contributed by atoms with van der Waals surface area (Å²) in [7, 11) is 0. The second-order valence-electron chi connectivity index (χ2n) is 5.09. The number of anilines is 1. The van der Waals surface area contributed by atoms with Crippen LogP contribution >= 0.6 is 0 Å². The molecule has 0 fully saturated rings. The van der Waals surface area contributed by atoms with E-state index >= 15 is 0 Å². The number of amides is 1. The van der Waals surface area contributed by atoms with E-state index in [0.29, 0.717) is 24.5 Å². The van der Waals surface area contributed by atoms with Gasteiger partial charge in [-0.25, -0.2) is 4.79 Å². The van der Waals surface area contributed by atoms with Crippen LogP contribution in [0.25, 0.3) is 0 Å². The maximum atomic E-state index is 12.3. The van der Waals surface area contributed by atoms with Crippen molar-refractivity contribution in [1.29, 1.82) is 0 Å². The molecule has 0 aliphatic rings. The summed E-state index contributed by atoms with van der Waals surface area (Å²) in [6.45, 7) is 5.79. The summed E-state index contributed by atoms with van der Waals surface area (Å²) in [5.41, 5.74) is -0.262. The van der Waals surface area contributed by atoms with Crippen molar-refractivity contribution in [3.63, 3.8) is 0 Å². The van der Waals surface area contributed by atoms with Crippen molar-refractivity contribution < 1.29 is 24.2 Å². The van der Waals surface area contributed by atoms with Crippen molar-refractivity contribution in [2.45, 2.75) is 39.2 Å². The lowest BCUT2D eigenvalue weighted by atomic mass is 10.0. The first-order valence-corrected chi connectivity index (χ1v) is 7.31. The molecular weight excluding hydrogens is 286 g/mol. The number of benzene rings is 1. The monoisotopic (exact) mass is 309 g/mol. The Balaban J connectivity index is 2.65. The molecule has 0 saturated heterocycles. The fraction of sp³-hybridized carbons (Fsp3) is 0.500. The van der Waals surface area contributed by atoms with Gasteiger partial charge in [-0.3, -0.25) is 4.79 Å².